The van der Waals surface area contributed by atoms with E-state index in [1.54, 1.807) is 11.3 Å². The first-order chi connectivity index (χ1) is 11.2. The second-order valence-electron chi connectivity index (χ2n) is 5.58. The molecule has 4 rings (SSSR count). The van der Waals surface area contributed by atoms with Crippen LogP contribution in [0.4, 0.5) is 5.95 Å². The van der Waals surface area contributed by atoms with Crippen LogP contribution in [0.25, 0.3) is 9.75 Å². The number of anilines is 1. The minimum atomic E-state index is -0.109. The van der Waals surface area contributed by atoms with Crippen LogP contribution in [0.3, 0.4) is 0 Å². The molecule has 0 saturated carbocycles. The number of nitrogen functional groups attached to an aromatic ring is 1. The van der Waals surface area contributed by atoms with Crippen LogP contribution in [0.15, 0.2) is 34.4 Å². The highest BCUT2D eigenvalue weighted by Gasteiger charge is 2.21. The number of H-pyrrole nitrogens is 1. The molecule has 0 bridgehead atoms. The molecule has 0 atom stereocenters. The zero-order valence-electron chi connectivity index (χ0n) is 12.4. The second-order valence-corrected chi connectivity index (χ2v) is 7.70. The fraction of sp³-hybridized carbons (Fsp3) is 0.250. The minimum absolute atomic E-state index is 0.109. The molecule has 0 amide bonds. The highest BCUT2D eigenvalue weighted by Crippen LogP contribution is 2.32. The smallest absolute Gasteiger partial charge is 0.257 e. The molecule has 1 aliphatic heterocycles. The van der Waals surface area contributed by atoms with E-state index in [-0.39, 0.29) is 11.5 Å². The number of hydrogen-bond acceptors (Lipinski definition) is 6. The van der Waals surface area contributed by atoms with Crippen LogP contribution in [0.1, 0.15) is 16.1 Å². The van der Waals surface area contributed by atoms with Crippen LogP contribution in [-0.2, 0) is 19.5 Å². The van der Waals surface area contributed by atoms with Crippen LogP contribution in [-0.4, -0.2) is 21.4 Å². The number of aromatic nitrogens is 2. The van der Waals surface area contributed by atoms with Gasteiger partial charge >= 0.3 is 0 Å². The minimum Gasteiger partial charge on any atom is -0.369 e. The average Bonchev–Trinajstić information content (AvgIpc) is 3.19. The first-order valence-electron chi connectivity index (χ1n) is 7.41. The van der Waals surface area contributed by atoms with E-state index in [0.29, 0.717) is 6.54 Å². The number of hydrogen-bond donors (Lipinski definition) is 2. The van der Waals surface area contributed by atoms with Crippen molar-refractivity contribution in [3.8, 4) is 9.75 Å². The average molecular weight is 344 g/mol. The van der Waals surface area contributed by atoms with Crippen molar-refractivity contribution in [2.45, 2.75) is 19.5 Å². The van der Waals surface area contributed by atoms with Crippen molar-refractivity contribution in [3.05, 3.63) is 56.1 Å². The summed E-state index contributed by atoms with van der Waals surface area (Å²) in [6.07, 6.45) is 0.770. The number of fused-ring (bicyclic) bond motifs is 1. The normalized spacial score (nSPS) is 14.8. The van der Waals surface area contributed by atoms with Gasteiger partial charge in [-0.05, 0) is 23.6 Å². The lowest BCUT2D eigenvalue weighted by Crippen LogP contribution is -2.35. The summed E-state index contributed by atoms with van der Waals surface area (Å²) in [5.41, 5.74) is 7.09. The maximum Gasteiger partial charge on any atom is 0.257 e. The van der Waals surface area contributed by atoms with E-state index in [2.05, 4.69) is 44.5 Å². The Bertz CT molecular complexity index is 882. The number of rotatable bonds is 3. The SMILES string of the molecule is Nc1nc2c(c(=O)[nH]1)CN(Cc1ccc(-c3cccs3)s1)CC2. The molecule has 5 nitrogen and oxygen atoms in total. The third kappa shape index (κ3) is 2.95. The molecule has 0 unspecified atom stereocenters. The molecule has 4 heterocycles. The summed E-state index contributed by atoms with van der Waals surface area (Å²) in [7, 11) is 0. The number of nitrogens with zero attached hydrogens (tertiary/aromatic N) is 2. The van der Waals surface area contributed by atoms with Crippen molar-refractivity contribution < 1.29 is 0 Å². The third-order valence-corrected chi connectivity index (χ3v) is 6.11. The summed E-state index contributed by atoms with van der Waals surface area (Å²) in [6.45, 7) is 2.39. The Kier molecular flexibility index (Phi) is 3.76. The quantitative estimate of drug-likeness (QED) is 0.766. The fourth-order valence-corrected chi connectivity index (χ4v) is 4.75. The Morgan fingerprint density at radius 2 is 2.22 bits per heavy atom. The van der Waals surface area contributed by atoms with Gasteiger partial charge in [-0.2, -0.15) is 0 Å². The van der Waals surface area contributed by atoms with E-state index in [0.717, 1.165) is 30.8 Å². The van der Waals surface area contributed by atoms with E-state index in [1.165, 1.54) is 14.6 Å². The lowest BCUT2D eigenvalue weighted by atomic mass is 10.1. The first kappa shape index (κ1) is 14.6. The summed E-state index contributed by atoms with van der Waals surface area (Å²) >= 11 is 3.58. The molecule has 0 fully saturated rings. The van der Waals surface area contributed by atoms with Crippen molar-refractivity contribution in [1.82, 2.24) is 14.9 Å². The molecule has 0 spiro atoms. The standard InChI is InChI=1S/C16H16N4OS2/c17-16-18-12-5-6-20(9-11(12)15(21)19-16)8-10-3-4-14(23-10)13-2-1-7-22-13/h1-4,7H,5-6,8-9H2,(H3,17,18,19,21). The number of nitrogens with one attached hydrogen (secondary N) is 1. The lowest BCUT2D eigenvalue weighted by molar-refractivity contribution is 0.244. The van der Waals surface area contributed by atoms with Crippen molar-refractivity contribution in [1.29, 1.82) is 0 Å². The molecule has 118 valence electrons. The van der Waals surface area contributed by atoms with Gasteiger partial charge in [0.1, 0.15) is 0 Å². The van der Waals surface area contributed by atoms with Crippen molar-refractivity contribution in [2.75, 3.05) is 12.3 Å². The Hall–Kier alpha value is -1.96. The Morgan fingerprint density at radius 1 is 1.30 bits per heavy atom. The molecule has 1 aliphatic rings. The number of aromatic amines is 1. The molecule has 0 radical (unpaired) electrons. The Morgan fingerprint density at radius 3 is 3.04 bits per heavy atom. The van der Waals surface area contributed by atoms with Gasteiger partial charge in [0.15, 0.2) is 0 Å². The van der Waals surface area contributed by atoms with Gasteiger partial charge in [0, 0.05) is 40.7 Å². The summed E-state index contributed by atoms with van der Waals surface area (Å²) in [5, 5.41) is 2.10. The summed E-state index contributed by atoms with van der Waals surface area (Å²) in [6, 6.07) is 8.58. The molecule has 0 saturated heterocycles. The van der Waals surface area contributed by atoms with Gasteiger partial charge in [-0.3, -0.25) is 14.7 Å². The lowest BCUT2D eigenvalue weighted by Gasteiger charge is -2.26. The highest BCUT2D eigenvalue weighted by atomic mass is 32.1. The van der Waals surface area contributed by atoms with Gasteiger partial charge in [0.2, 0.25) is 5.95 Å². The third-order valence-electron chi connectivity index (χ3n) is 3.97. The summed E-state index contributed by atoms with van der Waals surface area (Å²) < 4.78 is 0. The molecular formula is C16H16N4OS2. The molecule has 0 aliphatic carbocycles. The van der Waals surface area contributed by atoms with Crippen LogP contribution >= 0.6 is 22.7 Å². The van der Waals surface area contributed by atoms with Gasteiger partial charge in [-0.1, -0.05) is 6.07 Å². The highest BCUT2D eigenvalue weighted by molar-refractivity contribution is 7.21. The molecule has 3 aromatic rings. The van der Waals surface area contributed by atoms with Gasteiger partial charge in [-0.25, -0.2) is 4.98 Å². The first-order valence-corrected chi connectivity index (χ1v) is 9.11. The van der Waals surface area contributed by atoms with E-state index in [4.69, 9.17) is 5.73 Å². The Balaban J connectivity index is 1.51. The topological polar surface area (TPSA) is 75.0 Å². The number of thiophene rings is 2. The molecule has 3 aromatic heterocycles. The molecule has 0 aromatic carbocycles. The maximum atomic E-state index is 12.0. The second kappa shape index (κ2) is 5.92. The van der Waals surface area contributed by atoms with E-state index in [9.17, 15) is 4.79 Å². The largest absolute Gasteiger partial charge is 0.369 e. The predicted octanol–water partition coefficient (Wildman–Crippen LogP) is 2.70. The maximum absolute atomic E-state index is 12.0. The van der Waals surface area contributed by atoms with E-state index in [1.807, 2.05) is 11.3 Å². The zero-order chi connectivity index (χ0) is 15.8. The Labute approximate surface area is 141 Å². The molecule has 23 heavy (non-hydrogen) atoms. The van der Waals surface area contributed by atoms with E-state index < -0.39 is 0 Å². The van der Waals surface area contributed by atoms with Crippen LogP contribution < -0.4 is 11.3 Å². The van der Waals surface area contributed by atoms with Crippen molar-refractivity contribution in [3.63, 3.8) is 0 Å². The van der Waals surface area contributed by atoms with Crippen molar-refractivity contribution >= 4 is 28.6 Å². The zero-order valence-corrected chi connectivity index (χ0v) is 14.0. The van der Waals surface area contributed by atoms with Crippen LogP contribution in [0.2, 0.25) is 0 Å². The molecular weight excluding hydrogens is 328 g/mol. The summed E-state index contributed by atoms with van der Waals surface area (Å²) in [4.78, 5) is 25.1. The van der Waals surface area contributed by atoms with Crippen molar-refractivity contribution in [2.24, 2.45) is 0 Å². The van der Waals surface area contributed by atoms with Crippen LogP contribution in [0, 0.1) is 0 Å². The van der Waals surface area contributed by atoms with Gasteiger partial charge < -0.3 is 5.73 Å². The molecule has 7 heteroatoms. The monoisotopic (exact) mass is 344 g/mol. The molecule has 3 N–H and O–H groups in total. The van der Waals surface area contributed by atoms with Gasteiger partial charge in [0.05, 0.1) is 11.3 Å². The number of nitrogens with two attached hydrogens (primary N) is 1. The van der Waals surface area contributed by atoms with Crippen LogP contribution in [0.5, 0.6) is 0 Å². The fourth-order valence-electron chi connectivity index (χ4n) is 2.87. The van der Waals surface area contributed by atoms with Gasteiger partial charge in [-0.15, -0.1) is 22.7 Å². The summed E-state index contributed by atoms with van der Waals surface area (Å²) in [5.74, 6) is 0.209. The van der Waals surface area contributed by atoms with E-state index >= 15 is 0 Å². The van der Waals surface area contributed by atoms with Gasteiger partial charge in [0.25, 0.3) is 5.56 Å². The predicted molar refractivity (Wildman–Crippen MR) is 94.7 cm³/mol.